The molecular formula is C25H36N6O7. The van der Waals surface area contributed by atoms with Crippen molar-refractivity contribution in [2.75, 3.05) is 0 Å². The van der Waals surface area contributed by atoms with E-state index in [1.54, 1.807) is 26.0 Å². The van der Waals surface area contributed by atoms with Gasteiger partial charge in [-0.25, -0.2) is 9.78 Å². The number of aliphatic hydroxyl groups excluding tert-OH is 1. The number of benzene rings is 1. The Bertz CT molecular complexity index is 1070. The summed E-state index contributed by atoms with van der Waals surface area (Å²) in [6.45, 7) is 4.82. The number of aromatic amines is 1. The highest BCUT2D eigenvalue weighted by molar-refractivity contribution is 5.94. The molecule has 0 saturated carbocycles. The molecule has 1 aromatic heterocycles. The lowest BCUT2D eigenvalue weighted by Gasteiger charge is -2.26. The van der Waals surface area contributed by atoms with Gasteiger partial charge in [-0.05, 0) is 30.5 Å². The number of phenolic OH excluding ortho intramolecular Hbond substituents is 1. The van der Waals surface area contributed by atoms with Crippen LogP contribution in [0.25, 0.3) is 0 Å². The molecule has 2 aromatic rings. The second kappa shape index (κ2) is 14.1. The highest BCUT2D eigenvalue weighted by Gasteiger charge is 2.32. The minimum Gasteiger partial charge on any atom is -0.508 e. The molecule has 0 saturated heterocycles. The van der Waals surface area contributed by atoms with E-state index in [1.807, 2.05) is 0 Å². The molecule has 1 heterocycles. The maximum Gasteiger partial charge on any atom is 0.326 e. The molecule has 13 nitrogen and oxygen atoms in total. The second-order valence-corrected chi connectivity index (χ2v) is 9.25. The first-order valence-electron chi connectivity index (χ1n) is 12.3. The van der Waals surface area contributed by atoms with Gasteiger partial charge in [0.1, 0.15) is 29.9 Å². The standard InChI is InChI=1S/C25H36N6O7/c1-4-13(2)21(25(37)38)31-23(35)19(10-16-11-27-12-28-16)29-22(34)18(30-24(36)20(26)14(3)32)9-15-5-7-17(33)8-6-15/h5-8,11-14,18-21,32-33H,4,9-10,26H2,1-3H3,(H,27,28)(H,29,34)(H,30,36)(H,31,35)(H,37,38). The molecule has 1 aromatic carbocycles. The van der Waals surface area contributed by atoms with E-state index in [1.165, 1.54) is 31.6 Å². The number of amides is 3. The molecule has 0 aliphatic carbocycles. The van der Waals surface area contributed by atoms with E-state index in [4.69, 9.17) is 5.73 Å². The fraction of sp³-hybridized carbons (Fsp3) is 0.480. The van der Waals surface area contributed by atoms with Crippen molar-refractivity contribution in [3.8, 4) is 5.75 Å². The van der Waals surface area contributed by atoms with E-state index in [2.05, 4.69) is 25.9 Å². The average Bonchev–Trinajstić information content (AvgIpc) is 3.39. The van der Waals surface area contributed by atoms with Gasteiger partial charge in [-0.2, -0.15) is 0 Å². The molecule has 6 atom stereocenters. The zero-order valence-corrected chi connectivity index (χ0v) is 21.5. The Morgan fingerprint density at radius 2 is 1.55 bits per heavy atom. The van der Waals surface area contributed by atoms with Crippen molar-refractivity contribution >= 4 is 23.7 Å². The van der Waals surface area contributed by atoms with E-state index in [9.17, 15) is 34.5 Å². The molecule has 0 fully saturated rings. The molecule has 9 N–H and O–H groups in total. The second-order valence-electron chi connectivity index (χ2n) is 9.25. The topological polar surface area (TPSA) is 220 Å². The van der Waals surface area contributed by atoms with Crippen LogP contribution in [-0.4, -0.2) is 79.2 Å². The average molecular weight is 533 g/mol. The van der Waals surface area contributed by atoms with Crippen molar-refractivity contribution in [1.29, 1.82) is 0 Å². The predicted molar refractivity (Wildman–Crippen MR) is 137 cm³/mol. The maximum absolute atomic E-state index is 13.4. The number of imidazole rings is 1. The van der Waals surface area contributed by atoms with Crippen LogP contribution in [0.3, 0.4) is 0 Å². The van der Waals surface area contributed by atoms with E-state index in [-0.39, 0.29) is 24.5 Å². The summed E-state index contributed by atoms with van der Waals surface area (Å²) in [6, 6.07) is 1.07. The van der Waals surface area contributed by atoms with E-state index >= 15 is 0 Å². The molecule has 0 aliphatic rings. The largest absolute Gasteiger partial charge is 0.508 e. The van der Waals surface area contributed by atoms with Gasteiger partial charge >= 0.3 is 5.97 Å². The lowest BCUT2D eigenvalue weighted by atomic mass is 9.98. The summed E-state index contributed by atoms with van der Waals surface area (Å²) in [5.41, 5.74) is 6.83. The summed E-state index contributed by atoms with van der Waals surface area (Å²) in [6.07, 6.45) is 2.13. The van der Waals surface area contributed by atoms with Crippen LogP contribution >= 0.6 is 0 Å². The van der Waals surface area contributed by atoms with Crippen LogP contribution in [0.2, 0.25) is 0 Å². The van der Waals surface area contributed by atoms with Crippen LogP contribution in [0.5, 0.6) is 5.75 Å². The lowest BCUT2D eigenvalue weighted by molar-refractivity contribution is -0.143. The molecule has 0 spiro atoms. The van der Waals surface area contributed by atoms with Gasteiger partial charge in [-0.1, -0.05) is 32.4 Å². The van der Waals surface area contributed by atoms with E-state index in [0.717, 1.165) is 0 Å². The van der Waals surface area contributed by atoms with Crippen molar-refractivity contribution in [3.63, 3.8) is 0 Å². The van der Waals surface area contributed by atoms with Gasteiger partial charge in [0.2, 0.25) is 17.7 Å². The summed E-state index contributed by atoms with van der Waals surface area (Å²) in [5, 5.41) is 36.5. The number of aromatic nitrogens is 2. The van der Waals surface area contributed by atoms with Crippen molar-refractivity contribution in [2.24, 2.45) is 11.7 Å². The highest BCUT2D eigenvalue weighted by Crippen LogP contribution is 2.13. The Morgan fingerprint density at radius 3 is 2.08 bits per heavy atom. The number of nitrogens with one attached hydrogen (secondary N) is 4. The quantitative estimate of drug-likeness (QED) is 0.152. The third kappa shape index (κ3) is 8.85. The monoisotopic (exact) mass is 532 g/mol. The number of hydrogen-bond donors (Lipinski definition) is 8. The summed E-state index contributed by atoms with van der Waals surface area (Å²) in [4.78, 5) is 57.7. The molecule has 2 rings (SSSR count). The molecule has 0 aliphatic heterocycles. The first kappa shape index (κ1) is 30.3. The maximum atomic E-state index is 13.4. The van der Waals surface area contributed by atoms with E-state index < -0.39 is 54.0 Å². The zero-order valence-electron chi connectivity index (χ0n) is 21.5. The SMILES string of the molecule is CCC(C)C(NC(=O)C(Cc1cnc[nH]1)NC(=O)C(Cc1ccc(O)cc1)NC(=O)C(N)C(C)O)C(=O)O. The van der Waals surface area contributed by atoms with Crippen molar-refractivity contribution < 1.29 is 34.5 Å². The van der Waals surface area contributed by atoms with Gasteiger partial charge in [0.05, 0.1) is 12.4 Å². The Hall–Kier alpha value is -3.97. The number of phenols is 1. The predicted octanol–water partition coefficient (Wildman–Crippen LogP) is -0.806. The minimum absolute atomic E-state index is 0.0144. The van der Waals surface area contributed by atoms with Crippen molar-refractivity contribution in [3.05, 3.63) is 48.0 Å². The summed E-state index contributed by atoms with van der Waals surface area (Å²) in [5.74, 6) is -3.81. The van der Waals surface area contributed by atoms with Crippen LogP contribution in [0.15, 0.2) is 36.8 Å². The van der Waals surface area contributed by atoms with Crippen LogP contribution in [0.4, 0.5) is 0 Å². The van der Waals surface area contributed by atoms with Crippen molar-refractivity contribution in [1.82, 2.24) is 25.9 Å². The summed E-state index contributed by atoms with van der Waals surface area (Å²) in [7, 11) is 0. The van der Waals surface area contributed by atoms with Gasteiger partial charge < -0.3 is 42.0 Å². The normalized spacial score (nSPS) is 15.8. The number of hydrogen-bond acceptors (Lipinski definition) is 8. The number of carboxylic acids is 1. The third-order valence-electron chi connectivity index (χ3n) is 6.22. The Balaban J connectivity index is 2.31. The van der Waals surface area contributed by atoms with E-state index in [0.29, 0.717) is 17.7 Å². The Labute approximate surface area is 220 Å². The number of carbonyl (C=O) groups excluding carboxylic acids is 3. The number of aromatic hydroxyl groups is 1. The zero-order chi connectivity index (χ0) is 28.4. The van der Waals surface area contributed by atoms with Gasteiger partial charge in [0.25, 0.3) is 0 Å². The van der Waals surface area contributed by atoms with Crippen LogP contribution in [0, 0.1) is 5.92 Å². The van der Waals surface area contributed by atoms with Crippen molar-refractivity contribution in [2.45, 2.75) is 70.3 Å². The number of carboxylic acid groups (broad SMARTS) is 1. The molecule has 13 heteroatoms. The Kier molecular flexibility index (Phi) is 11.2. The number of rotatable bonds is 14. The molecule has 3 amide bonds. The first-order chi connectivity index (χ1) is 17.9. The van der Waals surface area contributed by atoms with Gasteiger partial charge in [-0.15, -0.1) is 0 Å². The molecule has 6 unspecified atom stereocenters. The number of H-pyrrole nitrogens is 1. The summed E-state index contributed by atoms with van der Waals surface area (Å²) < 4.78 is 0. The van der Waals surface area contributed by atoms with Gasteiger partial charge in [0, 0.05) is 24.7 Å². The smallest absolute Gasteiger partial charge is 0.326 e. The molecule has 38 heavy (non-hydrogen) atoms. The van der Waals surface area contributed by atoms with Gasteiger partial charge in [0.15, 0.2) is 0 Å². The molecule has 208 valence electrons. The first-order valence-corrected chi connectivity index (χ1v) is 12.3. The number of nitrogens with two attached hydrogens (primary N) is 1. The summed E-state index contributed by atoms with van der Waals surface area (Å²) >= 11 is 0. The molecular weight excluding hydrogens is 496 g/mol. The third-order valence-corrected chi connectivity index (χ3v) is 6.22. The minimum atomic E-state index is -1.30. The molecule has 0 radical (unpaired) electrons. The van der Waals surface area contributed by atoms with Crippen LogP contribution in [-0.2, 0) is 32.0 Å². The van der Waals surface area contributed by atoms with Crippen LogP contribution < -0.4 is 21.7 Å². The number of nitrogens with zero attached hydrogens (tertiary/aromatic N) is 1. The van der Waals surface area contributed by atoms with Crippen LogP contribution in [0.1, 0.15) is 38.4 Å². The number of carbonyl (C=O) groups is 4. The highest BCUT2D eigenvalue weighted by atomic mass is 16.4. The fourth-order valence-corrected chi connectivity index (χ4v) is 3.60. The number of aliphatic carboxylic acids is 1. The molecule has 0 bridgehead atoms. The lowest BCUT2D eigenvalue weighted by Crippen LogP contribution is -2.59. The fourth-order valence-electron chi connectivity index (χ4n) is 3.60. The number of aliphatic hydroxyl groups is 1. The van der Waals surface area contributed by atoms with Gasteiger partial charge in [-0.3, -0.25) is 14.4 Å². The Morgan fingerprint density at radius 1 is 0.974 bits per heavy atom.